The SMILES string of the molecule is c1ccc(-c2cccc(N(c3ccc(-c4cccc5oc6ccc7ccccc7c6c45)cc3)c3cc4c(c5ccccc35)-c3ccccc3C43c4ccccc4-c4ccccc43)c2)cc1. The van der Waals surface area contributed by atoms with Crippen LogP contribution in [0.15, 0.2) is 241 Å². The second-order valence-electron chi connectivity index (χ2n) is 17.5. The van der Waals surface area contributed by atoms with E-state index in [0.717, 1.165) is 50.1 Å². The van der Waals surface area contributed by atoms with Crippen molar-refractivity contribution in [3.8, 4) is 44.5 Å². The van der Waals surface area contributed by atoms with Crippen molar-refractivity contribution in [2.45, 2.75) is 5.41 Å². The van der Waals surface area contributed by atoms with Crippen LogP contribution in [0.3, 0.4) is 0 Å². The van der Waals surface area contributed by atoms with Gasteiger partial charge >= 0.3 is 0 Å². The molecule has 0 saturated heterocycles. The lowest BCUT2D eigenvalue weighted by Crippen LogP contribution is -2.26. The van der Waals surface area contributed by atoms with Gasteiger partial charge in [0.2, 0.25) is 0 Å². The Hall–Kier alpha value is -8.46. The predicted molar refractivity (Wildman–Crippen MR) is 271 cm³/mol. The van der Waals surface area contributed by atoms with E-state index in [-0.39, 0.29) is 0 Å². The van der Waals surface area contributed by atoms with Gasteiger partial charge in [0.15, 0.2) is 0 Å². The van der Waals surface area contributed by atoms with E-state index < -0.39 is 5.41 Å². The van der Waals surface area contributed by atoms with E-state index in [4.69, 9.17) is 4.42 Å². The third-order valence-corrected chi connectivity index (χ3v) is 14.3. The predicted octanol–water partition coefficient (Wildman–Crippen LogP) is 17.0. The first-order valence-corrected chi connectivity index (χ1v) is 22.5. The Labute approximate surface area is 376 Å². The maximum Gasteiger partial charge on any atom is 0.136 e. The van der Waals surface area contributed by atoms with Gasteiger partial charge in [0.25, 0.3) is 0 Å². The minimum atomic E-state index is -0.491. The van der Waals surface area contributed by atoms with Crippen molar-refractivity contribution >= 4 is 60.5 Å². The molecule has 0 amide bonds. The molecule has 0 fully saturated rings. The van der Waals surface area contributed by atoms with Crippen LogP contribution < -0.4 is 4.90 Å². The molecule has 2 aliphatic carbocycles. The average molecular weight is 826 g/mol. The minimum absolute atomic E-state index is 0.491. The van der Waals surface area contributed by atoms with Crippen LogP contribution in [0, 0.1) is 0 Å². The lowest BCUT2D eigenvalue weighted by atomic mass is 9.70. The van der Waals surface area contributed by atoms with Gasteiger partial charge in [0.05, 0.1) is 11.1 Å². The molecule has 2 aliphatic rings. The fraction of sp³-hybridized carbons (Fsp3) is 0.0159. The molecular weight excluding hydrogens is 787 g/mol. The standard InChI is InChI=1S/C63H39NO/c1-2-16-40(17-3-1)43-19-14-20-45(38-43)64(44-35-32-42(33-36-44)47-27-15-31-58-61(47)62-46-21-5-4-18-41(46)34-37-59(62)65-58)57-39-56-60(51-25-7-6-24-50(51)57)52-26-10-13-30-55(52)63(56)53-28-11-8-22-48(53)49-23-9-12-29-54(49)63/h1-39H. The Morgan fingerprint density at radius 1 is 0.323 bits per heavy atom. The van der Waals surface area contributed by atoms with Crippen LogP contribution >= 0.6 is 0 Å². The van der Waals surface area contributed by atoms with Gasteiger partial charge in [-0.25, -0.2) is 0 Å². The van der Waals surface area contributed by atoms with Gasteiger partial charge in [-0.1, -0.05) is 194 Å². The van der Waals surface area contributed by atoms with Crippen LogP contribution in [0.25, 0.3) is 88.0 Å². The van der Waals surface area contributed by atoms with Crippen molar-refractivity contribution in [1.82, 2.24) is 0 Å². The summed E-state index contributed by atoms with van der Waals surface area (Å²) in [5.74, 6) is 0. The normalized spacial score (nSPS) is 13.0. The number of hydrogen-bond acceptors (Lipinski definition) is 2. The number of hydrogen-bond donors (Lipinski definition) is 0. The zero-order valence-electron chi connectivity index (χ0n) is 35.4. The molecule has 1 aromatic heterocycles. The average Bonchev–Trinajstić information content (AvgIpc) is 4.02. The van der Waals surface area contributed by atoms with E-state index >= 15 is 0 Å². The molecule has 0 radical (unpaired) electrons. The number of anilines is 3. The quantitative estimate of drug-likeness (QED) is 0.172. The number of fused-ring (bicyclic) bond motifs is 17. The van der Waals surface area contributed by atoms with Crippen LogP contribution in [-0.4, -0.2) is 0 Å². The molecule has 2 nitrogen and oxygen atoms in total. The molecule has 65 heavy (non-hydrogen) atoms. The summed E-state index contributed by atoms with van der Waals surface area (Å²) in [6.07, 6.45) is 0. The molecule has 0 unspecified atom stereocenters. The van der Waals surface area contributed by atoms with Crippen molar-refractivity contribution in [2.75, 3.05) is 4.90 Å². The maximum absolute atomic E-state index is 6.52. The molecule has 1 spiro atoms. The number of nitrogens with zero attached hydrogens (tertiary/aromatic N) is 1. The molecule has 1 heterocycles. The van der Waals surface area contributed by atoms with Crippen LogP contribution in [0.4, 0.5) is 17.1 Å². The highest BCUT2D eigenvalue weighted by atomic mass is 16.3. The highest BCUT2D eigenvalue weighted by Crippen LogP contribution is 2.65. The molecule has 0 saturated carbocycles. The van der Waals surface area contributed by atoms with Gasteiger partial charge in [-0.05, 0) is 125 Å². The van der Waals surface area contributed by atoms with E-state index in [2.05, 4.69) is 241 Å². The lowest BCUT2D eigenvalue weighted by Gasteiger charge is -2.33. The third-order valence-electron chi connectivity index (χ3n) is 14.3. The smallest absolute Gasteiger partial charge is 0.136 e. The zero-order valence-corrected chi connectivity index (χ0v) is 35.4. The third kappa shape index (κ3) is 5.05. The summed E-state index contributed by atoms with van der Waals surface area (Å²) in [6.45, 7) is 0. The molecular formula is C63H39NO. The summed E-state index contributed by atoms with van der Waals surface area (Å²) in [6, 6.07) is 87.1. The fourth-order valence-corrected chi connectivity index (χ4v) is 11.6. The van der Waals surface area contributed by atoms with Crippen molar-refractivity contribution < 1.29 is 4.42 Å². The van der Waals surface area contributed by atoms with Gasteiger partial charge < -0.3 is 9.32 Å². The minimum Gasteiger partial charge on any atom is -0.456 e. The van der Waals surface area contributed by atoms with E-state index in [9.17, 15) is 0 Å². The summed E-state index contributed by atoms with van der Waals surface area (Å²) >= 11 is 0. The summed E-state index contributed by atoms with van der Waals surface area (Å²) in [5, 5.41) is 7.16. The fourth-order valence-electron chi connectivity index (χ4n) is 11.6. The topological polar surface area (TPSA) is 16.4 Å². The maximum atomic E-state index is 6.52. The molecule has 2 heteroatoms. The monoisotopic (exact) mass is 825 g/mol. The Kier molecular flexibility index (Phi) is 7.64. The van der Waals surface area contributed by atoms with E-state index in [0.29, 0.717) is 0 Å². The molecule has 0 atom stereocenters. The lowest BCUT2D eigenvalue weighted by molar-refractivity contribution is 0.669. The van der Waals surface area contributed by atoms with Gasteiger partial charge in [-0.3, -0.25) is 0 Å². The van der Waals surface area contributed by atoms with Gasteiger partial charge in [-0.15, -0.1) is 0 Å². The second kappa shape index (κ2) is 13.8. The van der Waals surface area contributed by atoms with Crippen LogP contribution in [0.2, 0.25) is 0 Å². The zero-order chi connectivity index (χ0) is 42.6. The molecule has 0 bridgehead atoms. The number of benzene rings is 11. The van der Waals surface area contributed by atoms with Gasteiger partial charge in [0, 0.05) is 27.5 Å². The first kappa shape index (κ1) is 36.1. The second-order valence-corrected chi connectivity index (χ2v) is 17.5. The summed E-state index contributed by atoms with van der Waals surface area (Å²) in [7, 11) is 0. The summed E-state index contributed by atoms with van der Waals surface area (Å²) in [5.41, 5.74) is 19.8. The van der Waals surface area contributed by atoms with Crippen molar-refractivity contribution in [1.29, 1.82) is 0 Å². The van der Waals surface area contributed by atoms with Gasteiger partial charge in [0.1, 0.15) is 11.2 Å². The summed E-state index contributed by atoms with van der Waals surface area (Å²) < 4.78 is 6.52. The highest BCUT2D eigenvalue weighted by molar-refractivity contribution is 6.22. The van der Waals surface area contributed by atoms with Gasteiger partial charge in [-0.2, -0.15) is 0 Å². The van der Waals surface area contributed by atoms with Crippen LogP contribution in [-0.2, 0) is 5.41 Å². The molecule has 302 valence electrons. The first-order chi connectivity index (χ1) is 32.3. The Morgan fingerprint density at radius 2 is 0.908 bits per heavy atom. The van der Waals surface area contributed by atoms with E-state index in [1.807, 2.05) is 0 Å². The molecule has 0 aliphatic heterocycles. The van der Waals surface area contributed by atoms with Crippen LogP contribution in [0.1, 0.15) is 22.3 Å². The van der Waals surface area contributed by atoms with Crippen molar-refractivity contribution in [2.24, 2.45) is 0 Å². The molecule has 0 N–H and O–H groups in total. The summed E-state index contributed by atoms with van der Waals surface area (Å²) in [4.78, 5) is 2.49. The molecule has 11 aromatic carbocycles. The Morgan fingerprint density at radius 3 is 1.68 bits per heavy atom. The Balaban J connectivity index is 1.03. The molecule has 12 aromatic rings. The Bertz CT molecular complexity index is 3850. The van der Waals surface area contributed by atoms with E-state index in [1.54, 1.807) is 0 Å². The first-order valence-electron chi connectivity index (χ1n) is 22.5. The van der Waals surface area contributed by atoms with Crippen molar-refractivity contribution in [3.63, 3.8) is 0 Å². The number of rotatable bonds is 5. The number of furan rings is 1. The highest BCUT2D eigenvalue weighted by Gasteiger charge is 2.52. The largest absolute Gasteiger partial charge is 0.456 e. The molecule has 14 rings (SSSR count). The van der Waals surface area contributed by atoms with Crippen molar-refractivity contribution in [3.05, 3.63) is 259 Å². The van der Waals surface area contributed by atoms with E-state index in [1.165, 1.54) is 77.2 Å². The van der Waals surface area contributed by atoms with Crippen LogP contribution in [0.5, 0.6) is 0 Å².